The van der Waals surface area contributed by atoms with Crippen LogP contribution in [0.3, 0.4) is 0 Å². The van der Waals surface area contributed by atoms with Crippen molar-refractivity contribution in [3.05, 3.63) is 24.3 Å². The maximum absolute atomic E-state index is 5.73. The average molecular weight is 242 g/mol. The minimum Gasteiger partial charge on any atom is -0.366 e. The van der Waals surface area contributed by atoms with E-state index in [0.29, 0.717) is 11.8 Å². The summed E-state index contributed by atoms with van der Waals surface area (Å²) in [5.41, 5.74) is 11.2. The van der Waals surface area contributed by atoms with Crippen LogP contribution in [0, 0.1) is 0 Å². The number of nitrogen functional groups attached to an aromatic ring is 1. The van der Waals surface area contributed by atoms with Crippen LogP contribution in [0.1, 0.15) is 18.8 Å². The Kier molecular flexibility index (Phi) is 3.75. The highest BCUT2D eigenvalue weighted by Gasteiger charge is 2.14. The Balaban J connectivity index is 0.00000128. The molecule has 0 aliphatic carbocycles. The molecular formula is C8H12ClN7. The molecule has 0 spiro atoms. The molecule has 2 rings (SSSR count). The smallest absolute Gasteiger partial charge is 0.252 e. The molecule has 4 N–H and O–H groups in total. The van der Waals surface area contributed by atoms with Crippen LogP contribution in [-0.4, -0.2) is 24.7 Å². The molecule has 7 nitrogen and oxygen atoms in total. The predicted molar refractivity (Wildman–Crippen MR) is 61.2 cm³/mol. The first-order valence-electron chi connectivity index (χ1n) is 4.44. The number of halogens is 1. The van der Waals surface area contributed by atoms with Crippen LogP contribution in [0.15, 0.2) is 18.5 Å². The fourth-order valence-electron chi connectivity index (χ4n) is 1.18. The quantitative estimate of drug-likeness (QED) is 0.771. The highest BCUT2D eigenvalue weighted by Crippen LogP contribution is 2.11. The van der Waals surface area contributed by atoms with E-state index in [-0.39, 0.29) is 24.4 Å². The van der Waals surface area contributed by atoms with E-state index >= 15 is 0 Å². The normalized spacial score (nSPS) is 11.9. The molecule has 86 valence electrons. The summed E-state index contributed by atoms with van der Waals surface area (Å²) in [5, 5.41) is 3.98. The Labute approximate surface area is 98.3 Å². The highest BCUT2D eigenvalue weighted by molar-refractivity contribution is 5.85. The lowest BCUT2D eigenvalue weighted by molar-refractivity contribution is 0.669. The predicted octanol–water partition coefficient (Wildman–Crippen LogP) is 0.0810. The van der Waals surface area contributed by atoms with Gasteiger partial charge in [0.05, 0.1) is 6.04 Å². The van der Waals surface area contributed by atoms with E-state index in [2.05, 4.69) is 20.1 Å². The number of anilines is 1. The molecule has 2 aromatic rings. The first kappa shape index (κ1) is 12.3. The van der Waals surface area contributed by atoms with Crippen LogP contribution in [0.2, 0.25) is 0 Å². The summed E-state index contributed by atoms with van der Waals surface area (Å²) in [7, 11) is 0. The molecule has 16 heavy (non-hydrogen) atoms. The van der Waals surface area contributed by atoms with E-state index in [0.717, 1.165) is 0 Å². The SMILES string of the molecule is C[C@H](N)c1nc(N)nn1-c1ncccn1.Cl. The molecule has 0 fully saturated rings. The van der Waals surface area contributed by atoms with E-state index < -0.39 is 0 Å². The second-order valence-electron chi connectivity index (χ2n) is 3.08. The number of hydrogen-bond acceptors (Lipinski definition) is 6. The van der Waals surface area contributed by atoms with E-state index in [9.17, 15) is 0 Å². The minimum atomic E-state index is -0.279. The number of nitrogens with two attached hydrogens (primary N) is 2. The topological polar surface area (TPSA) is 109 Å². The van der Waals surface area contributed by atoms with Crippen LogP contribution in [0.5, 0.6) is 0 Å². The maximum atomic E-state index is 5.73. The van der Waals surface area contributed by atoms with E-state index in [1.165, 1.54) is 4.68 Å². The van der Waals surface area contributed by atoms with Crippen LogP contribution in [0.4, 0.5) is 5.95 Å². The monoisotopic (exact) mass is 241 g/mol. The molecule has 0 aliphatic heterocycles. The van der Waals surface area contributed by atoms with Gasteiger partial charge in [-0.2, -0.15) is 9.67 Å². The molecule has 2 aromatic heterocycles. The fourth-order valence-corrected chi connectivity index (χ4v) is 1.18. The standard InChI is InChI=1S/C8H11N7.ClH/c1-5(9)6-13-7(10)14-15(6)8-11-3-2-4-12-8;/h2-5H,9H2,1H3,(H2,10,14);1H/t5-;/m0./s1. The van der Waals surface area contributed by atoms with Gasteiger partial charge in [-0.25, -0.2) is 9.97 Å². The molecule has 0 saturated heterocycles. The Morgan fingerprint density at radius 2 is 1.94 bits per heavy atom. The van der Waals surface area contributed by atoms with Gasteiger partial charge in [0.15, 0.2) is 5.82 Å². The number of aromatic nitrogens is 5. The van der Waals surface area contributed by atoms with Crippen molar-refractivity contribution in [1.29, 1.82) is 0 Å². The second kappa shape index (κ2) is 4.86. The summed E-state index contributed by atoms with van der Waals surface area (Å²) >= 11 is 0. The Morgan fingerprint density at radius 3 is 2.50 bits per heavy atom. The van der Waals surface area contributed by atoms with Crippen molar-refractivity contribution in [3.63, 3.8) is 0 Å². The van der Waals surface area contributed by atoms with Crippen molar-refractivity contribution in [2.75, 3.05) is 5.73 Å². The Bertz CT molecular complexity index is 453. The zero-order valence-corrected chi connectivity index (χ0v) is 9.42. The van der Waals surface area contributed by atoms with Gasteiger partial charge in [0.1, 0.15) is 0 Å². The summed E-state index contributed by atoms with van der Waals surface area (Å²) in [5.74, 6) is 1.11. The zero-order chi connectivity index (χ0) is 10.8. The van der Waals surface area contributed by atoms with Gasteiger partial charge in [-0.3, -0.25) is 0 Å². The van der Waals surface area contributed by atoms with Crippen molar-refractivity contribution in [1.82, 2.24) is 24.7 Å². The summed E-state index contributed by atoms with van der Waals surface area (Å²) < 4.78 is 1.44. The van der Waals surface area contributed by atoms with Gasteiger partial charge in [0, 0.05) is 12.4 Å². The van der Waals surface area contributed by atoms with Crippen molar-refractivity contribution in [2.45, 2.75) is 13.0 Å². The Hall–Kier alpha value is -1.73. The second-order valence-corrected chi connectivity index (χ2v) is 3.08. The van der Waals surface area contributed by atoms with Crippen molar-refractivity contribution >= 4 is 18.4 Å². The third-order valence-corrected chi connectivity index (χ3v) is 1.80. The molecule has 0 aliphatic rings. The molecule has 0 saturated carbocycles. The zero-order valence-electron chi connectivity index (χ0n) is 8.61. The van der Waals surface area contributed by atoms with Crippen LogP contribution in [0.25, 0.3) is 5.95 Å². The number of hydrogen-bond donors (Lipinski definition) is 2. The molecule has 8 heteroatoms. The number of rotatable bonds is 2. The van der Waals surface area contributed by atoms with E-state index in [1.54, 1.807) is 25.4 Å². The summed E-state index contributed by atoms with van der Waals surface area (Å²) in [6, 6.07) is 1.44. The first-order valence-corrected chi connectivity index (χ1v) is 4.44. The number of nitrogens with zero attached hydrogens (tertiary/aromatic N) is 5. The van der Waals surface area contributed by atoms with Crippen molar-refractivity contribution < 1.29 is 0 Å². The summed E-state index contributed by atoms with van der Waals surface area (Å²) in [4.78, 5) is 12.1. The van der Waals surface area contributed by atoms with Gasteiger partial charge in [0.25, 0.3) is 5.95 Å². The maximum Gasteiger partial charge on any atom is 0.252 e. The van der Waals surface area contributed by atoms with Crippen LogP contribution < -0.4 is 11.5 Å². The van der Waals surface area contributed by atoms with Crippen molar-refractivity contribution in [3.8, 4) is 5.95 Å². The lowest BCUT2D eigenvalue weighted by Crippen LogP contribution is -2.14. The largest absolute Gasteiger partial charge is 0.366 e. The van der Waals surface area contributed by atoms with Gasteiger partial charge in [0.2, 0.25) is 5.95 Å². The molecular weight excluding hydrogens is 230 g/mol. The average Bonchev–Trinajstić information content (AvgIpc) is 2.62. The molecule has 1 atom stereocenters. The molecule has 0 radical (unpaired) electrons. The van der Waals surface area contributed by atoms with Gasteiger partial charge >= 0.3 is 0 Å². The lowest BCUT2D eigenvalue weighted by Gasteiger charge is -2.05. The molecule has 0 aromatic carbocycles. The summed E-state index contributed by atoms with van der Waals surface area (Å²) in [6.07, 6.45) is 3.23. The van der Waals surface area contributed by atoms with E-state index in [1.807, 2.05) is 0 Å². The third kappa shape index (κ3) is 2.26. The van der Waals surface area contributed by atoms with Crippen LogP contribution >= 0.6 is 12.4 Å². The molecule has 0 unspecified atom stereocenters. The fraction of sp³-hybridized carbons (Fsp3) is 0.250. The first-order chi connectivity index (χ1) is 7.18. The molecule has 0 bridgehead atoms. The van der Waals surface area contributed by atoms with Gasteiger partial charge in [-0.1, -0.05) is 0 Å². The summed E-state index contributed by atoms with van der Waals surface area (Å²) in [6.45, 7) is 1.79. The van der Waals surface area contributed by atoms with Gasteiger partial charge in [-0.15, -0.1) is 17.5 Å². The van der Waals surface area contributed by atoms with Gasteiger partial charge < -0.3 is 11.5 Å². The highest BCUT2D eigenvalue weighted by atomic mass is 35.5. The lowest BCUT2D eigenvalue weighted by atomic mass is 10.3. The third-order valence-electron chi connectivity index (χ3n) is 1.80. The molecule has 2 heterocycles. The minimum absolute atomic E-state index is 0. The van der Waals surface area contributed by atoms with E-state index in [4.69, 9.17) is 11.5 Å². The van der Waals surface area contributed by atoms with Crippen molar-refractivity contribution in [2.24, 2.45) is 5.73 Å². The molecule has 0 amide bonds. The van der Waals surface area contributed by atoms with Crippen LogP contribution in [-0.2, 0) is 0 Å². The van der Waals surface area contributed by atoms with Gasteiger partial charge in [-0.05, 0) is 13.0 Å². The Morgan fingerprint density at radius 1 is 1.31 bits per heavy atom.